The lowest BCUT2D eigenvalue weighted by atomic mass is 9.63. The quantitative estimate of drug-likeness (QED) is 0.515. The number of amides is 1. The summed E-state index contributed by atoms with van der Waals surface area (Å²) in [6.07, 6.45) is 0.645. The van der Waals surface area contributed by atoms with Crippen LogP contribution in [0.15, 0.2) is 72.8 Å². The normalized spacial score (nSPS) is 20.5. The maximum absolute atomic E-state index is 13.6. The molecule has 0 bridgehead atoms. The minimum atomic E-state index is -0.633. The number of carbonyl (C=O) groups excluding carboxylic acids is 1. The second-order valence-corrected chi connectivity index (χ2v) is 8.24. The monoisotopic (exact) mass is 385 g/mol. The van der Waals surface area contributed by atoms with E-state index in [9.17, 15) is 4.79 Å². The van der Waals surface area contributed by atoms with E-state index in [1.54, 1.807) is 4.90 Å². The number of benzene rings is 3. The summed E-state index contributed by atoms with van der Waals surface area (Å²) in [5.41, 5.74) is 7.12. The highest BCUT2D eigenvalue weighted by Crippen LogP contribution is 2.55. The number of fused-ring (bicyclic) bond motifs is 4. The highest BCUT2D eigenvalue weighted by molar-refractivity contribution is 6.31. The molecule has 1 aliphatic carbocycles. The smallest absolute Gasteiger partial charge is 0.237 e. The number of hydrogen-bond acceptors (Lipinski definition) is 1. The first-order valence-electron chi connectivity index (χ1n) is 9.47. The van der Waals surface area contributed by atoms with Gasteiger partial charge in [0.25, 0.3) is 0 Å². The van der Waals surface area contributed by atoms with E-state index in [0.717, 1.165) is 39.1 Å². The molecule has 2 aliphatic rings. The average molecular weight is 386 g/mol. The Hall–Kier alpha value is -2.84. The minimum Gasteiger partial charge on any atom is -0.314 e. The highest BCUT2D eigenvalue weighted by atomic mass is 35.5. The fraction of sp³-hybridized carbons (Fsp3) is 0.160. The number of anilines is 1. The van der Waals surface area contributed by atoms with Gasteiger partial charge in [0.2, 0.25) is 5.91 Å². The molecule has 1 atom stereocenters. The van der Waals surface area contributed by atoms with Crippen LogP contribution < -0.4 is 4.90 Å². The van der Waals surface area contributed by atoms with Gasteiger partial charge in [-0.15, -0.1) is 0 Å². The van der Waals surface area contributed by atoms with E-state index >= 15 is 0 Å². The summed E-state index contributed by atoms with van der Waals surface area (Å²) in [4.78, 5) is 15.4. The first kappa shape index (κ1) is 17.3. The molecule has 0 saturated carbocycles. The van der Waals surface area contributed by atoms with Gasteiger partial charge in [0, 0.05) is 17.6 Å². The summed E-state index contributed by atoms with van der Waals surface area (Å²) >= 11 is 6.33. The molecular weight excluding hydrogens is 366 g/mol. The number of hydrogen-bond donors (Lipinski definition) is 0. The molecule has 138 valence electrons. The Morgan fingerprint density at radius 3 is 2.43 bits per heavy atom. The lowest BCUT2D eigenvalue weighted by Crippen LogP contribution is -2.47. The zero-order valence-corrected chi connectivity index (χ0v) is 16.6. The van der Waals surface area contributed by atoms with Crippen molar-refractivity contribution in [2.75, 3.05) is 11.9 Å². The molecule has 0 saturated heterocycles. The van der Waals surface area contributed by atoms with Crippen LogP contribution in [0.25, 0.3) is 11.1 Å². The van der Waals surface area contributed by atoms with Crippen LogP contribution in [0.4, 0.5) is 5.69 Å². The summed E-state index contributed by atoms with van der Waals surface area (Å²) in [6, 6.07) is 24.6. The fourth-order valence-electron chi connectivity index (χ4n) is 4.81. The van der Waals surface area contributed by atoms with Crippen molar-refractivity contribution in [1.82, 2.24) is 0 Å². The molecule has 2 nitrogen and oxygen atoms in total. The summed E-state index contributed by atoms with van der Waals surface area (Å²) in [6.45, 7) is 2.07. The van der Waals surface area contributed by atoms with Gasteiger partial charge in [-0.2, -0.15) is 0 Å². The number of carbonyl (C=O) groups is 1. The molecule has 3 aromatic rings. The standard InChI is InChI=1S/C25H20ClNO/c1-25-15-17-14-18(26)12-13-19(17)22(16-8-4-3-5-9-16)23(25)20-10-6-7-11-21(20)27(2)24(25)28/h3-14H,15H2,1-2H3. The molecule has 0 aromatic heterocycles. The maximum Gasteiger partial charge on any atom is 0.237 e. The predicted octanol–water partition coefficient (Wildman–Crippen LogP) is 5.84. The minimum absolute atomic E-state index is 0.125. The molecule has 0 radical (unpaired) electrons. The van der Waals surface area contributed by atoms with Gasteiger partial charge in [0.05, 0.1) is 11.1 Å². The molecule has 1 unspecified atom stereocenters. The van der Waals surface area contributed by atoms with E-state index < -0.39 is 5.41 Å². The second-order valence-electron chi connectivity index (χ2n) is 7.81. The Bertz CT molecular complexity index is 1150. The van der Waals surface area contributed by atoms with Gasteiger partial charge in [-0.25, -0.2) is 0 Å². The van der Waals surface area contributed by atoms with Crippen LogP contribution in [-0.2, 0) is 11.2 Å². The Kier molecular flexibility index (Phi) is 3.75. The molecule has 3 heteroatoms. The van der Waals surface area contributed by atoms with E-state index in [-0.39, 0.29) is 5.91 Å². The van der Waals surface area contributed by atoms with Crippen LogP contribution in [0.3, 0.4) is 0 Å². The van der Waals surface area contributed by atoms with Gasteiger partial charge < -0.3 is 4.90 Å². The third-order valence-corrected chi connectivity index (χ3v) is 6.29. The van der Waals surface area contributed by atoms with Gasteiger partial charge in [0.15, 0.2) is 0 Å². The van der Waals surface area contributed by atoms with Crippen molar-refractivity contribution in [1.29, 1.82) is 0 Å². The van der Waals surface area contributed by atoms with Crippen LogP contribution in [0.5, 0.6) is 0 Å². The molecule has 1 heterocycles. The third-order valence-electron chi connectivity index (χ3n) is 6.06. The zero-order valence-electron chi connectivity index (χ0n) is 15.9. The zero-order chi connectivity index (χ0) is 19.5. The van der Waals surface area contributed by atoms with Crippen molar-refractivity contribution >= 4 is 34.3 Å². The van der Waals surface area contributed by atoms with Gasteiger partial charge in [-0.1, -0.05) is 66.2 Å². The number of rotatable bonds is 1. The van der Waals surface area contributed by atoms with Crippen molar-refractivity contribution in [3.05, 3.63) is 100 Å². The summed E-state index contributed by atoms with van der Waals surface area (Å²) in [5, 5.41) is 0.704. The van der Waals surface area contributed by atoms with Crippen LogP contribution in [0.2, 0.25) is 5.02 Å². The van der Waals surface area contributed by atoms with Crippen molar-refractivity contribution in [3.8, 4) is 0 Å². The first-order valence-corrected chi connectivity index (χ1v) is 9.85. The van der Waals surface area contributed by atoms with Crippen LogP contribution in [0, 0.1) is 5.41 Å². The van der Waals surface area contributed by atoms with Crippen molar-refractivity contribution in [2.24, 2.45) is 5.41 Å². The molecule has 0 N–H and O–H groups in total. The molecule has 28 heavy (non-hydrogen) atoms. The Balaban J connectivity index is 1.95. The van der Waals surface area contributed by atoms with Gasteiger partial charge in [0.1, 0.15) is 0 Å². The van der Waals surface area contributed by atoms with Crippen LogP contribution >= 0.6 is 11.6 Å². The fourth-order valence-corrected chi connectivity index (χ4v) is 5.00. The summed E-state index contributed by atoms with van der Waals surface area (Å²) in [5.74, 6) is 0.125. The molecule has 0 fully saturated rings. The average Bonchev–Trinajstić information content (AvgIpc) is 2.71. The molecule has 5 rings (SSSR count). The topological polar surface area (TPSA) is 20.3 Å². The Morgan fingerprint density at radius 1 is 0.929 bits per heavy atom. The number of nitrogens with zero attached hydrogens (tertiary/aromatic N) is 1. The lowest BCUT2D eigenvalue weighted by Gasteiger charge is -2.45. The molecule has 1 aliphatic heterocycles. The Morgan fingerprint density at radius 2 is 1.64 bits per heavy atom. The van der Waals surface area contributed by atoms with E-state index in [1.807, 2.05) is 49.5 Å². The van der Waals surface area contributed by atoms with E-state index in [0.29, 0.717) is 11.4 Å². The van der Waals surface area contributed by atoms with Crippen molar-refractivity contribution in [3.63, 3.8) is 0 Å². The lowest BCUT2D eigenvalue weighted by molar-refractivity contribution is -0.124. The largest absolute Gasteiger partial charge is 0.314 e. The van der Waals surface area contributed by atoms with E-state index in [2.05, 4.69) is 37.3 Å². The van der Waals surface area contributed by atoms with Crippen molar-refractivity contribution < 1.29 is 4.79 Å². The molecule has 3 aromatic carbocycles. The predicted molar refractivity (Wildman–Crippen MR) is 115 cm³/mol. The molecular formula is C25H20ClNO. The first-order chi connectivity index (χ1) is 13.5. The van der Waals surface area contributed by atoms with E-state index in [4.69, 9.17) is 11.6 Å². The van der Waals surface area contributed by atoms with E-state index in [1.165, 1.54) is 0 Å². The third kappa shape index (κ3) is 2.31. The Labute approximate surface area is 170 Å². The van der Waals surface area contributed by atoms with Crippen LogP contribution in [0.1, 0.15) is 29.2 Å². The summed E-state index contributed by atoms with van der Waals surface area (Å²) < 4.78 is 0. The molecule has 0 spiro atoms. The van der Waals surface area contributed by atoms with Gasteiger partial charge >= 0.3 is 0 Å². The number of para-hydroxylation sites is 1. The summed E-state index contributed by atoms with van der Waals surface area (Å²) in [7, 11) is 1.87. The highest BCUT2D eigenvalue weighted by Gasteiger charge is 2.49. The van der Waals surface area contributed by atoms with Gasteiger partial charge in [-0.05, 0) is 59.4 Å². The van der Waals surface area contributed by atoms with Gasteiger partial charge in [-0.3, -0.25) is 4.79 Å². The van der Waals surface area contributed by atoms with Crippen molar-refractivity contribution in [2.45, 2.75) is 13.3 Å². The molecule has 1 amide bonds. The SMILES string of the molecule is CN1C(=O)C2(C)Cc3cc(Cl)ccc3C(c3ccccc3)=C2c2ccccc21. The second kappa shape index (κ2) is 6.08. The number of halogens is 1. The van der Waals surface area contributed by atoms with Crippen LogP contribution in [-0.4, -0.2) is 13.0 Å². The maximum atomic E-state index is 13.6.